The van der Waals surface area contributed by atoms with Gasteiger partial charge in [-0.3, -0.25) is 10.1 Å². The Hall–Kier alpha value is -1.37. The number of anilines is 2. The monoisotopic (exact) mass is 242 g/mol. The molecule has 0 unspecified atom stereocenters. The summed E-state index contributed by atoms with van der Waals surface area (Å²) in [5.41, 5.74) is 5.49. The van der Waals surface area contributed by atoms with E-state index in [0.29, 0.717) is 11.9 Å². The molecule has 0 aliphatic heterocycles. The minimum Gasteiger partial charge on any atom is -0.375 e. The van der Waals surface area contributed by atoms with E-state index in [-0.39, 0.29) is 10.1 Å². The van der Waals surface area contributed by atoms with Crippen molar-refractivity contribution < 1.29 is 4.92 Å². The first-order chi connectivity index (χ1) is 7.66. The van der Waals surface area contributed by atoms with E-state index in [0.717, 1.165) is 24.2 Å². The van der Waals surface area contributed by atoms with Crippen molar-refractivity contribution in [2.45, 2.75) is 38.1 Å². The number of nitrogens with zero attached hydrogens (tertiary/aromatic N) is 2. The molecule has 6 nitrogen and oxygen atoms in total. The van der Waals surface area contributed by atoms with Gasteiger partial charge in [-0.05, 0) is 24.2 Å². The second kappa shape index (κ2) is 4.65. The lowest BCUT2D eigenvalue weighted by Crippen LogP contribution is -2.22. The van der Waals surface area contributed by atoms with Crippen LogP contribution in [0.1, 0.15) is 32.1 Å². The third-order valence-electron chi connectivity index (χ3n) is 2.74. The van der Waals surface area contributed by atoms with E-state index in [4.69, 9.17) is 5.73 Å². The first-order valence-corrected chi connectivity index (χ1v) is 6.15. The van der Waals surface area contributed by atoms with Gasteiger partial charge in [0.1, 0.15) is 0 Å². The van der Waals surface area contributed by atoms with Crippen LogP contribution < -0.4 is 11.1 Å². The minimum atomic E-state index is -0.431. The summed E-state index contributed by atoms with van der Waals surface area (Å²) in [6.45, 7) is 0. The van der Waals surface area contributed by atoms with E-state index >= 15 is 0 Å². The molecular formula is C9H14N4O2S. The van der Waals surface area contributed by atoms with Gasteiger partial charge in [0, 0.05) is 6.04 Å². The SMILES string of the molecule is Nc1nc(NC2CCCCC2)c([N+](=O)[O-])s1. The van der Waals surface area contributed by atoms with Gasteiger partial charge >= 0.3 is 5.00 Å². The highest BCUT2D eigenvalue weighted by molar-refractivity contribution is 7.19. The third-order valence-corrected chi connectivity index (χ3v) is 3.57. The fourth-order valence-corrected chi connectivity index (χ4v) is 2.60. The van der Waals surface area contributed by atoms with Gasteiger partial charge in [0.15, 0.2) is 5.13 Å². The van der Waals surface area contributed by atoms with Crippen LogP contribution in [0.3, 0.4) is 0 Å². The van der Waals surface area contributed by atoms with Gasteiger partial charge in [0.05, 0.1) is 4.92 Å². The normalized spacial score (nSPS) is 17.2. The highest BCUT2D eigenvalue weighted by Gasteiger charge is 2.23. The van der Waals surface area contributed by atoms with E-state index in [2.05, 4.69) is 10.3 Å². The molecule has 7 heteroatoms. The van der Waals surface area contributed by atoms with Crippen molar-refractivity contribution in [3.05, 3.63) is 10.1 Å². The molecule has 0 atom stereocenters. The molecule has 0 amide bonds. The molecule has 88 valence electrons. The Labute approximate surface area is 97.0 Å². The molecule has 1 fully saturated rings. The average Bonchev–Trinajstić information content (AvgIpc) is 2.61. The lowest BCUT2D eigenvalue weighted by Gasteiger charge is -2.22. The second-order valence-corrected chi connectivity index (χ2v) is 4.95. The lowest BCUT2D eigenvalue weighted by atomic mass is 9.96. The molecule has 1 saturated carbocycles. The van der Waals surface area contributed by atoms with Gasteiger partial charge in [0.25, 0.3) is 0 Å². The molecule has 0 spiro atoms. The highest BCUT2D eigenvalue weighted by Crippen LogP contribution is 2.34. The molecule has 3 N–H and O–H groups in total. The Kier molecular flexibility index (Phi) is 3.23. The first-order valence-electron chi connectivity index (χ1n) is 5.34. The van der Waals surface area contributed by atoms with Crippen LogP contribution in [0.4, 0.5) is 16.0 Å². The molecule has 0 bridgehead atoms. The summed E-state index contributed by atoms with van der Waals surface area (Å²) in [5.74, 6) is 0.333. The Morgan fingerprint density at radius 1 is 1.44 bits per heavy atom. The molecule has 2 rings (SSSR count). The van der Waals surface area contributed by atoms with Gasteiger partial charge < -0.3 is 11.1 Å². The Bertz CT molecular complexity index is 387. The zero-order chi connectivity index (χ0) is 11.5. The largest absolute Gasteiger partial charge is 0.375 e. The number of nitrogens with one attached hydrogen (secondary N) is 1. The van der Waals surface area contributed by atoms with Crippen molar-refractivity contribution in [2.75, 3.05) is 11.1 Å². The fraction of sp³-hybridized carbons (Fsp3) is 0.667. The molecule has 1 aliphatic carbocycles. The molecule has 0 saturated heterocycles. The van der Waals surface area contributed by atoms with Crippen molar-refractivity contribution >= 4 is 27.3 Å². The predicted octanol–water partition coefficient (Wildman–Crippen LogP) is 2.38. The predicted molar refractivity (Wildman–Crippen MR) is 63.7 cm³/mol. The lowest BCUT2D eigenvalue weighted by molar-refractivity contribution is -0.379. The molecular weight excluding hydrogens is 228 g/mol. The summed E-state index contributed by atoms with van der Waals surface area (Å²) in [4.78, 5) is 14.3. The Balaban J connectivity index is 2.10. The van der Waals surface area contributed by atoms with E-state index in [1.165, 1.54) is 19.3 Å². The van der Waals surface area contributed by atoms with Gasteiger partial charge in [0.2, 0.25) is 5.82 Å². The summed E-state index contributed by atoms with van der Waals surface area (Å²) in [5, 5.41) is 14.1. The highest BCUT2D eigenvalue weighted by atomic mass is 32.1. The summed E-state index contributed by atoms with van der Waals surface area (Å²) in [6.07, 6.45) is 5.69. The van der Waals surface area contributed by atoms with E-state index < -0.39 is 4.92 Å². The van der Waals surface area contributed by atoms with Gasteiger partial charge in [-0.25, -0.2) is 0 Å². The summed E-state index contributed by atoms with van der Waals surface area (Å²) in [7, 11) is 0. The smallest absolute Gasteiger partial charge is 0.369 e. The van der Waals surface area contributed by atoms with Crippen molar-refractivity contribution in [3.63, 3.8) is 0 Å². The maximum absolute atomic E-state index is 10.8. The van der Waals surface area contributed by atoms with Crippen LogP contribution in [-0.4, -0.2) is 15.9 Å². The number of hydrogen-bond acceptors (Lipinski definition) is 6. The fourth-order valence-electron chi connectivity index (χ4n) is 1.99. The van der Waals surface area contributed by atoms with Crippen molar-refractivity contribution in [3.8, 4) is 0 Å². The standard InChI is InChI=1S/C9H14N4O2S/c10-9-12-7(8(16-9)13(14)15)11-6-4-2-1-3-5-6/h6,11H,1-5H2,(H2,10,12). The maximum atomic E-state index is 10.8. The van der Waals surface area contributed by atoms with Gasteiger partial charge in [-0.15, -0.1) is 0 Å². The van der Waals surface area contributed by atoms with Crippen LogP contribution in [-0.2, 0) is 0 Å². The van der Waals surface area contributed by atoms with Crippen molar-refractivity contribution in [1.82, 2.24) is 4.98 Å². The molecule has 16 heavy (non-hydrogen) atoms. The third kappa shape index (κ3) is 2.41. The summed E-state index contributed by atoms with van der Waals surface area (Å²) >= 11 is 0.916. The number of nitrogen functional groups attached to an aromatic ring is 1. The number of hydrogen-bond donors (Lipinski definition) is 2. The first kappa shape index (κ1) is 11.1. The van der Waals surface area contributed by atoms with Crippen LogP contribution in [0.5, 0.6) is 0 Å². The second-order valence-electron chi connectivity index (χ2n) is 3.94. The van der Waals surface area contributed by atoms with Gasteiger partial charge in [-0.2, -0.15) is 4.98 Å². The number of nitrogens with two attached hydrogens (primary N) is 1. The van der Waals surface area contributed by atoms with E-state index in [9.17, 15) is 10.1 Å². The maximum Gasteiger partial charge on any atom is 0.369 e. The Morgan fingerprint density at radius 2 is 2.12 bits per heavy atom. The van der Waals surface area contributed by atoms with Crippen LogP contribution in [0, 0.1) is 10.1 Å². The minimum absolute atomic E-state index is 0.0167. The molecule has 0 radical (unpaired) electrons. The van der Waals surface area contributed by atoms with Gasteiger partial charge in [-0.1, -0.05) is 19.3 Å². The van der Waals surface area contributed by atoms with E-state index in [1.54, 1.807) is 0 Å². The quantitative estimate of drug-likeness (QED) is 0.626. The van der Waals surface area contributed by atoms with Crippen LogP contribution in [0.15, 0.2) is 0 Å². The zero-order valence-corrected chi connectivity index (χ0v) is 9.63. The van der Waals surface area contributed by atoms with Crippen LogP contribution >= 0.6 is 11.3 Å². The summed E-state index contributed by atoms with van der Waals surface area (Å²) < 4.78 is 0. The number of thiazole rings is 1. The molecule has 1 aromatic rings. The molecule has 0 aromatic carbocycles. The number of rotatable bonds is 3. The molecule has 1 aliphatic rings. The van der Waals surface area contributed by atoms with Crippen molar-refractivity contribution in [2.24, 2.45) is 0 Å². The van der Waals surface area contributed by atoms with Crippen molar-refractivity contribution in [1.29, 1.82) is 0 Å². The molecule has 1 heterocycles. The van der Waals surface area contributed by atoms with E-state index in [1.807, 2.05) is 0 Å². The zero-order valence-electron chi connectivity index (χ0n) is 8.81. The number of aromatic nitrogens is 1. The summed E-state index contributed by atoms with van der Waals surface area (Å²) in [6, 6.07) is 0.300. The topological polar surface area (TPSA) is 94.1 Å². The van der Waals surface area contributed by atoms with Crippen LogP contribution in [0.25, 0.3) is 0 Å². The molecule has 1 aromatic heterocycles. The van der Waals surface area contributed by atoms with Crippen LogP contribution in [0.2, 0.25) is 0 Å². The average molecular weight is 242 g/mol. The Morgan fingerprint density at radius 3 is 2.75 bits per heavy atom. The number of nitro groups is 1.